The molecular weight excluding hydrogens is 368 g/mol. The van der Waals surface area contributed by atoms with Crippen LogP contribution in [0.15, 0.2) is 28.7 Å². The predicted octanol–water partition coefficient (Wildman–Crippen LogP) is 2.30. The lowest BCUT2D eigenvalue weighted by Crippen LogP contribution is -2.43. The number of carbonyl (C=O) groups excluding carboxylic acids is 1. The molecule has 1 unspecified atom stereocenters. The Kier molecular flexibility index (Phi) is 5.63. The van der Waals surface area contributed by atoms with Crippen LogP contribution in [0, 0.1) is 5.92 Å². The molecule has 1 heterocycles. The van der Waals surface area contributed by atoms with Gasteiger partial charge in [0.05, 0.1) is 12.3 Å². The van der Waals surface area contributed by atoms with Crippen molar-refractivity contribution in [2.45, 2.75) is 25.8 Å². The van der Waals surface area contributed by atoms with Crippen LogP contribution in [0.25, 0.3) is 0 Å². The number of benzene rings is 1. The summed E-state index contributed by atoms with van der Waals surface area (Å²) in [5.74, 6) is -0.117. The minimum Gasteiger partial charge on any atom is -0.349 e. The molecule has 0 spiro atoms. The van der Waals surface area contributed by atoms with E-state index in [2.05, 4.69) is 21.2 Å². The highest BCUT2D eigenvalue weighted by molar-refractivity contribution is 9.10. The molecule has 122 valence electrons. The van der Waals surface area contributed by atoms with Gasteiger partial charge in [-0.25, -0.2) is 12.7 Å². The fraction of sp³-hybridized carbons (Fsp3) is 0.533. The lowest BCUT2D eigenvalue weighted by atomic mass is 9.96. The van der Waals surface area contributed by atoms with Crippen LogP contribution in [0.2, 0.25) is 0 Å². The van der Waals surface area contributed by atoms with Crippen LogP contribution in [0.5, 0.6) is 0 Å². The second-order valence-electron chi connectivity index (χ2n) is 5.72. The summed E-state index contributed by atoms with van der Waals surface area (Å²) in [6, 6.07) is 7.77. The van der Waals surface area contributed by atoms with Gasteiger partial charge in [0.1, 0.15) is 0 Å². The number of sulfonamides is 1. The number of hydrogen-bond donors (Lipinski definition) is 1. The first kappa shape index (κ1) is 17.4. The second kappa shape index (κ2) is 7.10. The van der Waals surface area contributed by atoms with Crippen LogP contribution in [-0.4, -0.2) is 38.0 Å². The molecule has 1 aliphatic rings. The molecular formula is C15H21BrN2O3S. The van der Waals surface area contributed by atoms with Crippen LogP contribution >= 0.6 is 15.9 Å². The number of rotatable bonds is 4. The second-order valence-corrected chi connectivity index (χ2v) is 8.62. The highest BCUT2D eigenvalue weighted by Crippen LogP contribution is 2.22. The molecule has 1 aromatic carbocycles. The number of halogens is 1. The summed E-state index contributed by atoms with van der Waals surface area (Å²) in [6.07, 6.45) is 2.36. The summed E-state index contributed by atoms with van der Waals surface area (Å²) in [4.78, 5) is 12.3. The Morgan fingerprint density at radius 2 is 2.00 bits per heavy atom. The molecule has 1 saturated heterocycles. The molecule has 1 atom stereocenters. The van der Waals surface area contributed by atoms with Crippen molar-refractivity contribution in [1.82, 2.24) is 9.62 Å². The fourth-order valence-corrected chi connectivity index (χ4v) is 3.93. The first-order valence-electron chi connectivity index (χ1n) is 7.28. The first-order chi connectivity index (χ1) is 10.3. The number of piperidine rings is 1. The van der Waals surface area contributed by atoms with Crippen LogP contribution in [0.1, 0.15) is 31.4 Å². The highest BCUT2D eigenvalue weighted by atomic mass is 79.9. The monoisotopic (exact) mass is 388 g/mol. The molecule has 0 saturated carbocycles. The van der Waals surface area contributed by atoms with Crippen LogP contribution in [0.4, 0.5) is 0 Å². The van der Waals surface area contributed by atoms with E-state index in [4.69, 9.17) is 0 Å². The van der Waals surface area contributed by atoms with E-state index in [0.717, 1.165) is 10.0 Å². The van der Waals surface area contributed by atoms with Gasteiger partial charge >= 0.3 is 0 Å². The molecule has 1 aromatic rings. The molecule has 5 nitrogen and oxygen atoms in total. The third-order valence-electron chi connectivity index (χ3n) is 4.00. The Balaban J connectivity index is 1.91. The summed E-state index contributed by atoms with van der Waals surface area (Å²) in [5, 5.41) is 3.02. The maximum Gasteiger partial charge on any atom is 0.223 e. The molecule has 1 N–H and O–H groups in total. The Morgan fingerprint density at radius 3 is 2.55 bits per heavy atom. The van der Waals surface area contributed by atoms with Gasteiger partial charge in [0.15, 0.2) is 0 Å². The molecule has 0 aromatic heterocycles. The van der Waals surface area contributed by atoms with E-state index in [-0.39, 0.29) is 17.9 Å². The van der Waals surface area contributed by atoms with Crippen molar-refractivity contribution in [3.05, 3.63) is 34.3 Å². The van der Waals surface area contributed by atoms with Crippen LogP contribution in [0.3, 0.4) is 0 Å². The Labute approximate surface area is 140 Å². The highest BCUT2D eigenvalue weighted by Gasteiger charge is 2.29. The molecule has 22 heavy (non-hydrogen) atoms. The maximum absolute atomic E-state index is 12.3. The normalized spacial score (nSPS) is 18.9. The molecule has 2 rings (SSSR count). The predicted molar refractivity (Wildman–Crippen MR) is 89.8 cm³/mol. The number of carbonyl (C=O) groups is 1. The number of nitrogens with zero attached hydrogens (tertiary/aromatic N) is 1. The third-order valence-corrected chi connectivity index (χ3v) is 5.80. The maximum atomic E-state index is 12.3. The molecule has 0 aliphatic carbocycles. The van der Waals surface area contributed by atoms with Gasteiger partial charge in [-0.3, -0.25) is 4.79 Å². The van der Waals surface area contributed by atoms with Crippen LogP contribution in [-0.2, 0) is 14.8 Å². The van der Waals surface area contributed by atoms with Crippen molar-refractivity contribution in [3.8, 4) is 0 Å². The largest absolute Gasteiger partial charge is 0.349 e. The van der Waals surface area contributed by atoms with Gasteiger partial charge in [-0.05, 0) is 37.5 Å². The lowest BCUT2D eigenvalue weighted by Gasteiger charge is -2.30. The zero-order chi connectivity index (χ0) is 16.3. The van der Waals surface area contributed by atoms with Gasteiger partial charge in [-0.15, -0.1) is 0 Å². The average Bonchev–Trinajstić information content (AvgIpc) is 2.46. The summed E-state index contributed by atoms with van der Waals surface area (Å²) in [7, 11) is -3.15. The number of amides is 1. The van der Waals surface area contributed by atoms with E-state index in [1.54, 1.807) is 0 Å². The molecule has 0 bridgehead atoms. The molecule has 1 fully saturated rings. The first-order valence-corrected chi connectivity index (χ1v) is 9.92. The minimum absolute atomic E-state index is 0.000580. The third kappa shape index (κ3) is 4.54. The van der Waals surface area contributed by atoms with Crippen molar-refractivity contribution >= 4 is 31.9 Å². The molecule has 0 radical (unpaired) electrons. The van der Waals surface area contributed by atoms with E-state index in [0.29, 0.717) is 25.9 Å². The smallest absolute Gasteiger partial charge is 0.223 e. The fourth-order valence-electron chi connectivity index (χ4n) is 2.64. The van der Waals surface area contributed by atoms with Crippen molar-refractivity contribution in [2.24, 2.45) is 5.92 Å². The number of nitrogens with one attached hydrogen (secondary N) is 1. The van der Waals surface area contributed by atoms with Gasteiger partial charge in [0, 0.05) is 23.5 Å². The van der Waals surface area contributed by atoms with E-state index in [9.17, 15) is 13.2 Å². The summed E-state index contributed by atoms with van der Waals surface area (Å²) in [5.41, 5.74) is 1.04. The molecule has 1 amide bonds. The van der Waals surface area contributed by atoms with Gasteiger partial charge in [0.2, 0.25) is 15.9 Å². The summed E-state index contributed by atoms with van der Waals surface area (Å²) in [6.45, 7) is 2.79. The van der Waals surface area contributed by atoms with Crippen molar-refractivity contribution in [2.75, 3.05) is 19.3 Å². The Hall–Kier alpha value is -0.920. The van der Waals surface area contributed by atoms with Crippen LogP contribution < -0.4 is 5.32 Å². The van der Waals surface area contributed by atoms with E-state index >= 15 is 0 Å². The average molecular weight is 389 g/mol. The zero-order valence-electron chi connectivity index (χ0n) is 12.8. The van der Waals surface area contributed by atoms with Gasteiger partial charge in [-0.1, -0.05) is 28.1 Å². The zero-order valence-corrected chi connectivity index (χ0v) is 15.2. The van der Waals surface area contributed by atoms with E-state index in [1.165, 1.54) is 10.6 Å². The summed E-state index contributed by atoms with van der Waals surface area (Å²) >= 11 is 3.42. The standard InChI is InChI=1S/C15H21BrN2O3S/c1-11(13-4-3-5-14(16)10-13)17-15(19)12-6-8-18(9-7-12)22(2,20)21/h3-5,10-12H,6-9H2,1-2H3,(H,17,19). The lowest BCUT2D eigenvalue weighted by molar-refractivity contribution is -0.126. The van der Waals surface area contributed by atoms with Gasteiger partial charge < -0.3 is 5.32 Å². The Morgan fingerprint density at radius 1 is 1.36 bits per heavy atom. The van der Waals surface area contributed by atoms with Crippen molar-refractivity contribution in [1.29, 1.82) is 0 Å². The van der Waals surface area contributed by atoms with Gasteiger partial charge in [-0.2, -0.15) is 0 Å². The van der Waals surface area contributed by atoms with E-state index < -0.39 is 10.0 Å². The Bertz CT molecular complexity index is 640. The van der Waals surface area contributed by atoms with Crippen molar-refractivity contribution < 1.29 is 13.2 Å². The minimum atomic E-state index is -3.15. The van der Waals surface area contributed by atoms with Gasteiger partial charge in [0.25, 0.3) is 0 Å². The topological polar surface area (TPSA) is 66.5 Å². The molecule has 7 heteroatoms. The van der Waals surface area contributed by atoms with Crippen molar-refractivity contribution in [3.63, 3.8) is 0 Å². The quantitative estimate of drug-likeness (QED) is 0.860. The SMILES string of the molecule is CC(NC(=O)C1CCN(S(C)(=O)=O)CC1)c1cccc(Br)c1. The summed E-state index contributed by atoms with van der Waals surface area (Å²) < 4.78 is 25.4. The number of hydrogen-bond acceptors (Lipinski definition) is 3. The molecule has 1 aliphatic heterocycles. The van der Waals surface area contributed by atoms with E-state index in [1.807, 2.05) is 31.2 Å².